The van der Waals surface area contributed by atoms with Gasteiger partial charge in [0.05, 0.1) is 12.6 Å². The van der Waals surface area contributed by atoms with Crippen molar-refractivity contribution in [2.75, 3.05) is 33.3 Å². The van der Waals surface area contributed by atoms with Gasteiger partial charge in [0.25, 0.3) is 0 Å². The van der Waals surface area contributed by atoms with Gasteiger partial charge >= 0.3 is 6.03 Å². The van der Waals surface area contributed by atoms with Crippen LogP contribution in [0.3, 0.4) is 0 Å². The number of aliphatic hydroxyl groups is 1. The molecule has 2 N–H and O–H groups in total. The van der Waals surface area contributed by atoms with Crippen LogP contribution in [0.15, 0.2) is 0 Å². The van der Waals surface area contributed by atoms with Crippen molar-refractivity contribution in [3.8, 4) is 0 Å². The Labute approximate surface area is 117 Å². The predicted octanol–water partition coefficient (Wildman–Crippen LogP) is 1.13. The van der Waals surface area contributed by atoms with Crippen LogP contribution in [0.1, 0.15) is 33.6 Å². The summed E-state index contributed by atoms with van der Waals surface area (Å²) in [7, 11) is 1.72. The van der Waals surface area contributed by atoms with E-state index in [9.17, 15) is 4.79 Å². The molecule has 2 atom stereocenters. The molecule has 1 heterocycles. The van der Waals surface area contributed by atoms with Crippen molar-refractivity contribution in [2.45, 2.75) is 45.7 Å². The number of amides is 2. The van der Waals surface area contributed by atoms with Crippen molar-refractivity contribution in [3.63, 3.8) is 0 Å². The average Bonchev–Trinajstić information content (AvgIpc) is 2.80. The Hall–Kier alpha value is -0.810. The van der Waals surface area contributed by atoms with Crippen molar-refractivity contribution in [1.82, 2.24) is 15.1 Å². The summed E-state index contributed by atoms with van der Waals surface area (Å²) >= 11 is 0. The Kier molecular flexibility index (Phi) is 6.58. The molecule has 1 aliphatic rings. The largest absolute Gasteiger partial charge is 0.394 e. The first kappa shape index (κ1) is 16.2. The summed E-state index contributed by atoms with van der Waals surface area (Å²) in [6.45, 7) is 9.22. The summed E-state index contributed by atoms with van der Waals surface area (Å²) in [6, 6.07) is 0.220. The summed E-state index contributed by atoms with van der Waals surface area (Å²) in [6.07, 6.45) is 2.38. The molecule has 112 valence electrons. The maximum Gasteiger partial charge on any atom is 0.317 e. The van der Waals surface area contributed by atoms with E-state index in [0.29, 0.717) is 18.5 Å². The molecule has 5 heteroatoms. The molecular formula is C14H29N3O2. The van der Waals surface area contributed by atoms with E-state index in [2.05, 4.69) is 24.1 Å². The van der Waals surface area contributed by atoms with Crippen molar-refractivity contribution >= 4 is 6.03 Å². The number of aliphatic hydroxyl groups excluding tert-OH is 1. The summed E-state index contributed by atoms with van der Waals surface area (Å²) in [5.74, 6) is 0.661. The van der Waals surface area contributed by atoms with E-state index in [1.165, 1.54) is 6.42 Å². The van der Waals surface area contributed by atoms with Gasteiger partial charge in [-0.25, -0.2) is 4.79 Å². The molecule has 1 fully saturated rings. The number of nitrogens with one attached hydrogen (secondary N) is 1. The first-order chi connectivity index (χ1) is 8.95. The molecular weight excluding hydrogens is 242 g/mol. The van der Waals surface area contributed by atoms with Crippen LogP contribution in [0.25, 0.3) is 0 Å². The fourth-order valence-electron chi connectivity index (χ4n) is 2.49. The Balaban J connectivity index is 2.36. The number of likely N-dealkylation sites (N-methyl/N-ethyl adjacent to an activating group) is 1. The molecule has 2 amide bonds. The normalized spacial score (nSPS) is 21.7. The summed E-state index contributed by atoms with van der Waals surface area (Å²) in [5, 5.41) is 12.0. The van der Waals surface area contributed by atoms with Gasteiger partial charge in [-0.15, -0.1) is 0 Å². The van der Waals surface area contributed by atoms with Crippen LogP contribution in [0.2, 0.25) is 0 Å². The average molecular weight is 271 g/mol. The number of likely N-dealkylation sites (tertiary alicyclic amines) is 1. The van der Waals surface area contributed by atoms with Gasteiger partial charge in [-0.2, -0.15) is 0 Å². The van der Waals surface area contributed by atoms with Crippen molar-refractivity contribution in [2.24, 2.45) is 5.92 Å². The minimum atomic E-state index is -0.143. The highest BCUT2D eigenvalue weighted by Crippen LogP contribution is 2.18. The van der Waals surface area contributed by atoms with Gasteiger partial charge in [0, 0.05) is 26.2 Å². The third-order valence-electron chi connectivity index (χ3n) is 3.83. The Bertz CT molecular complexity index is 284. The molecule has 0 aromatic rings. The number of urea groups is 1. The zero-order valence-corrected chi connectivity index (χ0v) is 12.7. The Morgan fingerprint density at radius 1 is 1.47 bits per heavy atom. The number of rotatable bonds is 6. The number of nitrogens with zero attached hydrogens (tertiary/aromatic N) is 2. The van der Waals surface area contributed by atoms with E-state index < -0.39 is 0 Å². The zero-order chi connectivity index (χ0) is 14.4. The Morgan fingerprint density at radius 3 is 2.74 bits per heavy atom. The number of carbonyl (C=O) groups excluding carboxylic acids is 1. The van der Waals surface area contributed by atoms with Crippen LogP contribution in [-0.2, 0) is 0 Å². The summed E-state index contributed by atoms with van der Waals surface area (Å²) < 4.78 is 0. The highest BCUT2D eigenvalue weighted by atomic mass is 16.3. The second kappa shape index (κ2) is 7.70. The van der Waals surface area contributed by atoms with E-state index in [0.717, 1.165) is 19.5 Å². The molecule has 1 rings (SSSR count). The molecule has 19 heavy (non-hydrogen) atoms. The highest BCUT2D eigenvalue weighted by Gasteiger charge is 2.25. The zero-order valence-electron chi connectivity index (χ0n) is 12.7. The molecule has 0 bridgehead atoms. The maximum absolute atomic E-state index is 11.9. The predicted molar refractivity (Wildman–Crippen MR) is 77.1 cm³/mol. The number of hydrogen-bond acceptors (Lipinski definition) is 3. The lowest BCUT2D eigenvalue weighted by molar-refractivity contribution is 0.153. The second-order valence-electron chi connectivity index (χ2n) is 6.01. The minimum absolute atomic E-state index is 0.00712. The first-order valence-corrected chi connectivity index (χ1v) is 7.31. The van der Waals surface area contributed by atoms with Crippen molar-refractivity contribution < 1.29 is 9.90 Å². The molecule has 1 aliphatic heterocycles. The topological polar surface area (TPSA) is 55.8 Å². The molecule has 0 aromatic heterocycles. The smallest absolute Gasteiger partial charge is 0.317 e. The molecule has 1 saturated heterocycles. The third kappa shape index (κ3) is 4.99. The fraction of sp³-hybridized carbons (Fsp3) is 0.929. The van der Waals surface area contributed by atoms with Gasteiger partial charge in [0.2, 0.25) is 0 Å². The van der Waals surface area contributed by atoms with E-state index >= 15 is 0 Å². The van der Waals surface area contributed by atoms with Crippen molar-refractivity contribution in [3.05, 3.63) is 0 Å². The highest BCUT2D eigenvalue weighted by molar-refractivity contribution is 5.74. The van der Waals surface area contributed by atoms with Crippen molar-refractivity contribution in [1.29, 1.82) is 0 Å². The lowest BCUT2D eigenvalue weighted by atomic mass is 10.1. The quantitative estimate of drug-likeness (QED) is 0.761. The summed E-state index contributed by atoms with van der Waals surface area (Å²) in [4.78, 5) is 15.9. The van der Waals surface area contributed by atoms with Gasteiger partial charge in [-0.3, -0.25) is 4.90 Å². The van der Waals surface area contributed by atoms with Gasteiger partial charge in [0.1, 0.15) is 0 Å². The molecule has 1 unspecified atom stereocenters. The van der Waals surface area contributed by atoms with E-state index in [1.807, 2.05) is 6.92 Å². The molecule has 5 nitrogen and oxygen atoms in total. The van der Waals surface area contributed by atoms with E-state index in [4.69, 9.17) is 5.11 Å². The van der Waals surface area contributed by atoms with E-state index in [1.54, 1.807) is 11.9 Å². The van der Waals surface area contributed by atoms with Crippen LogP contribution in [0, 0.1) is 5.92 Å². The van der Waals surface area contributed by atoms with Gasteiger partial charge < -0.3 is 15.3 Å². The number of hydrogen-bond donors (Lipinski definition) is 2. The van der Waals surface area contributed by atoms with Gasteiger partial charge in [0.15, 0.2) is 0 Å². The van der Waals surface area contributed by atoms with Crippen LogP contribution < -0.4 is 5.32 Å². The number of carbonyl (C=O) groups is 1. The molecule has 0 aromatic carbocycles. The Morgan fingerprint density at radius 2 is 2.16 bits per heavy atom. The van der Waals surface area contributed by atoms with Crippen LogP contribution in [0.5, 0.6) is 0 Å². The third-order valence-corrected chi connectivity index (χ3v) is 3.83. The lowest BCUT2D eigenvalue weighted by Gasteiger charge is -2.28. The summed E-state index contributed by atoms with van der Waals surface area (Å²) in [5.41, 5.74) is 0. The van der Waals surface area contributed by atoms with Crippen LogP contribution >= 0.6 is 0 Å². The first-order valence-electron chi connectivity index (χ1n) is 7.31. The molecule has 0 aliphatic carbocycles. The van der Waals surface area contributed by atoms with Crippen LogP contribution in [0.4, 0.5) is 4.79 Å². The standard InChI is InChI=1S/C14H29N3O2/c1-11(2)9-17-7-5-6-13(17)8-15-14(19)16(4)12(3)10-18/h11-13,18H,5-10H2,1-4H3,(H,15,19)/t12?,13-/m1/s1. The fourth-order valence-corrected chi connectivity index (χ4v) is 2.49. The monoisotopic (exact) mass is 271 g/mol. The molecule has 0 radical (unpaired) electrons. The molecule has 0 spiro atoms. The van der Waals surface area contributed by atoms with Gasteiger partial charge in [-0.1, -0.05) is 13.8 Å². The second-order valence-corrected chi connectivity index (χ2v) is 6.01. The lowest BCUT2D eigenvalue weighted by Crippen LogP contribution is -2.48. The molecule has 0 saturated carbocycles. The van der Waals surface area contributed by atoms with Gasteiger partial charge in [-0.05, 0) is 32.2 Å². The SMILES string of the molecule is CC(C)CN1CCC[C@@H]1CNC(=O)N(C)C(C)CO. The maximum atomic E-state index is 11.9. The minimum Gasteiger partial charge on any atom is -0.394 e. The van der Waals surface area contributed by atoms with E-state index in [-0.39, 0.29) is 18.7 Å². The van der Waals surface area contributed by atoms with Crippen LogP contribution in [-0.4, -0.2) is 66.3 Å².